The summed E-state index contributed by atoms with van der Waals surface area (Å²) in [4.78, 5) is 0. The molecule has 0 aromatic heterocycles. The quantitative estimate of drug-likeness (QED) is 0.915. The van der Waals surface area contributed by atoms with Gasteiger partial charge in [-0.1, -0.05) is 24.3 Å². The fourth-order valence-corrected chi connectivity index (χ4v) is 2.65. The number of hydrogen-bond acceptors (Lipinski definition) is 3. The van der Waals surface area contributed by atoms with E-state index in [4.69, 9.17) is 9.47 Å². The third kappa shape index (κ3) is 2.61. The molecule has 0 bridgehead atoms. The van der Waals surface area contributed by atoms with Gasteiger partial charge in [-0.25, -0.2) is 0 Å². The number of anilines is 1. The Morgan fingerprint density at radius 1 is 1.10 bits per heavy atom. The van der Waals surface area contributed by atoms with E-state index in [1.165, 1.54) is 5.56 Å². The molecule has 0 saturated carbocycles. The largest absolute Gasteiger partial charge is 0.486 e. The summed E-state index contributed by atoms with van der Waals surface area (Å²) in [6.45, 7) is 4.01. The maximum Gasteiger partial charge on any atom is 0.166 e. The summed E-state index contributed by atoms with van der Waals surface area (Å²) >= 11 is 3.61. The maximum absolute atomic E-state index is 5.72. The van der Waals surface area contributed by atoms with Crippen molar-refractivity contribution in [2.75, 3.05) is 18.5 Å². The van der Waals surface area contributed by atoms with Crippen molar-refractivity contribution in [1.82, 2.24) is 0 Å². The molecule has 2 aromatic rings. The molecule has 4 heteroatoms. The number of ether oxygens (including phenoxy) is 2. The van der Waals surface area contributed by atoms with Gasteiger partial charge in [-0.2, -0.15) is 0 Å². The van der Waals surface area contributed by atoms with Crippen molar-refractivity contribution in [1.29, 1.82) is 0 Å². The molecule has 2 aromatic carbocycles. The molecule has 1 N–H and O–H groups in total. The van der Waals surface area contributed by atoms with E-state index >= 15 is 0 Å². The highest BCUT2D eigenvalue weighted by Gasteiger charge is 2.15. The normalized spacial score (nSPS) is 13.1. The van der Waals surface area contributed by atoms with E-state index in [2.05, 4.69) is 46.4 Å². The molecular formula is C16H16BrNO2. The molecule has 0 atom stereocenters. The summed E-state index contributed by atoms with van der Waals surface area (Å²) in [6, 6.07) is 12.2. The first-order valence-corrected chi connectivity index (χ1v) is 7.41. The second-order valence-electron chi connectivity index (χ2n) is 4.73. The van der Waals surface area contributed by atoms with Crippen LogP contribution in [0.3, 0.4) is 0 Å². The number of halogens is 1. The van der Waals surface area contributed by atoms with Gasteiger partial charge < -0.3 is 14.8 Å². The summed E-state index contributed by atoms with van der Waals surface area (Å²) in [6.07, 6.45) is 0. The van der Waals surface area contributed by atoms with Crippen LogP contribution in [-0.4, -0.2) is 13.2 Å². The van der Waals surface area contributed by atoms with E-state index in [-0.39, 0.29) is 0 Å². The molecule has 0 fully saturated rings. The lowest BCUT2D eigenvalue weighted by molar-refractivity contribution is 0.170. The van der Waals surface area contributed by atoms with Gasteiger partial charge in [0.1, 0.15) is 13.2 Å². The third-order valence-corrected chi connectivity index (χ3v) is 4.36. The van der Waals surface area contributed by atoms with Gasteiger partial charge in [0.15, 0.2) is 11.5 Å². The van der Waals surface area contributed by atoms with Crippen LogP contribution in [0.2, 0.25) is 0 Å². The van der Waals surface area contributed by atoms with Crippen molar-refractivity contribution in [3.63, 3.8) is 0 Å². The van der Waals surface area contributed by atoms with Gasteiger partial charge in [-0.3, -0.25) is 0 Å². The number of rotatable bonds is 3. The molecular weight excluding hydrogens is 318 g/mol. The van der Waals surface area contributed by atoms with Gasteiger partial charge in [0.25, 0.3) is 0 Å². The van der Waals surface area contributed by atoms with Gasteiger partial charge in [0, 0.05) is 22.3 Å². The first-order valence-electron chi connectivity index (χ1n) is 6.62. The van der Waals surface area contributed by atoms with Crippen LogP contribution in [0.4, 0.5) is 5.69 Å². The van der Waals surface area contributed by atoms with Crippen LogP contribution in [0.15, 0.2) is 40.9 Å². The Morgan fingerprint density at radius 2 is 1.90 bits per heavy atom. The van der Waals surface area contributed by atoms with Gasteiger partial charge in [0.2, 0.25) is 0 Å². The summed E-state index contributed by atoms with van der Waals surface area (Å²) < 4.78 is 12.4. The fourth-order valence-electron chi connectivity index (χ4n) is 2.25. The summed E-state index contributed by atoms with van der Waals surface area (Å²) in [5.41, 5.74) is 3.40. The van der Waals surface area contributed by atoms with E-state index in [0.29, 0.717) is 19.8 Å². The van der Waals surface area contributed by atoms with E-state index in [1.807, 2.05) is 18.2 Å². The topological polar surface area (TPSA) is 30.5 Å². The molecule has 3 rings (SSSR count). The van der Waals surface area contributed by atoms with E-state index in [9.17, 15) is 0 Å². The lowest BCUT2D eigenvalue weighted by Crippen LogP contribution is -2.17. The number of hydrogen-bond donors (Lipinski definition) is 1. The Labute approximate surface area is 127 Å². The molecule has 0 saturated heterocycles. The zero-order valence-electron chi connectivity index (χ0n) is 11.3. The van der Waals surface area contributed by atoms with Crippen molar-refractivity contribution in [3.05, 3.63) is 52.0 Å². The molecule has 20 heavy (non-hydrogen) atoms. The zero-order valence-corrected chi connectivity index (χ0v) is 12.9. The lowest BCUT2D eigenvalue weighted by Gasteiger charge is -2.21. The minimum Gasteiger partial charge on any atom is -0.486 e. The van der Waals surface area contributed by atoms with Gasteiger partial charge in [-0.15, -0.1) is 0 Å². The summed E-state index contributed by atoms with van der Waals surface area (Å²) in [7, 11) is 0. The SMILES string of the molecule is Cc1cccc(NCc2cccc3c2OCCO3)c1Br. The van der Waals surface area contributed by atoms with E-state index in [1.54, 1.807) is 0 Å². The molecule has 3 nitrogen and oxygen atoms in total. The van der Waals surface area contributed by atoms with Gasteiger partial charge in [-0.05, 0) is 40.5 Å². The molecule has 0 aliphatic carbocycles. The van der Waals surface area contributed by atoms with Crippen molar-refractivity contribution < 1.29 is 9.47 Å². The minimum absolute atomic E-state index is 0.609. The molecule has 0 amide bonds. The van der Waals surface area contributed by atoms with Crippen LogP contribution >= 0.6 is 15.9 Å². The lowest BCUT2D eigenvalue weighted by atomic mass is 10.1. The van der Waals surface area contributed by atoms with Crippen molar-refractivity contribution in [3.8, 4) is 11.5 Å². The van der Waals surface area contributed by atoms with Crippen LogP contribution in [0, 0.1) is 6.92 Å². The number of aryl methyl sites for hydroxylation is 1. The predicted molar refractivity (Wildman–Crippen MR) is 83.6 cm³/mol. The third-order valence-electron chi connectivity index (χ3n) is 3.31. The Hall–Kier alpha value is -1.68. The van der Waals surface area contributed by atoms with E-state index < -0.39 is 0 Å². The van der Waals surface area contributed by atoms with Crippen molar-refractivity contribution in [2.24, 2.45) is 0 Å². The molecule has 104 valence electrons. The Bertz CT molecular complexity index is 628. The number of para-hydroxylation sites is 1. The van der Waals surface area contributed by atoms with Crippen molar-refractivity contribution >= 4 is 21.6 Å². The molecule has 0 spiro atoms. The number of fused-ring (bicyclic) bond motifs is 1. The van der Waals surface area contributed by atoms with E-state index in [0.717, 1.165) is 27.2 Å². The van der Waals surface area contributed by atoms with Crippen LogP contribution in [0.1, 0.15) is 11.1 Å². The molecule has 0 unspecified atom stereocenters. The average molecular weight is 334 g/mol. The fraction of sp³-hybridized carbons (Fsp3) is 0.250. The first-order chi connectivity index (χ1) is 9.75. The average Bonchev–Trinajstić information content (AvgIpc) is 2.49. The summed E-state index contributed by atoms with van der Waals surface area (Å²) in [5, 5.41) is 3.44. The molecule has 1 aliphatic rings. The number of benzene rings is 2. The second kappa shape index (κ2) is 5.75. The first kappa shape index (κ1) is 13.3. The molecule has 1 heterocycles. The smallest absolute Gasteiger partial charge is 0.166 e. The Morgan fingerprint density at radius 3 is 2.80 bits per heavy atom. The Balaban J connectivity index is 1.80. The van der Waals surface area contributed by atoms with Crippen LogP contribution in [0.25, 0.3) is 0 Å². The number of nitrogens with one attached hydrogen (secondary N) is 1. The monoisotopic (exact) mass is 333 g/mol. The highest BCUT2D eigenvalue weighted by molar-refractivity contribution is 9.10. The van der Waals surface area contributed by atoms with Crippen molar-refractivity contribution in [2.45, 2.75) is 13.5 Å². The molecule has 0 radical (unpaired) electrons. The highest BCUT2D eigenvalue weighted by Crippen LogP contribution is 2.34. The van der Waals surface area contributed by atoms with Crippen LogP contribution in [-0.2, 0) is 6.54 Å². The van der Waals surface area contributed by atoms with Crippen LogP contribution in [0.5, 0.6) is 11.5 Å². The Kier molecular flexibility index (Phi) is 3.83. The van der Waals surface area contributed by atoms with Gasteiger partial charge >= 0.3 is 0 Å². The van der Waals surface area contributed by atoms with Gasteiger partial charge in [0.05, 0.1) is 0 Å². The second-order valence-corrected chi connectivity index (χ2v) is 5.52. The highest BCUT2D eigenvalue weighted by atomic mass is 79.9. The predicted octanol–water partition coefficient (Wildman–Crippen LogP) is 4.14. The van der Waals surface area contributed by atoms with Crippen LogP contribution < -0.4 is 14.8 Å². The summed E-state index contributed by atoms with van der Waals surface area (Å²) in [5.74, 6) is 1.69. The maximum atomic E-state index is 5.72. The molecule has 1 aliphatic heterocycles. The minimum atomic E-state index is 0.609. The standard InChI is InChI=1S/C16H16BrNO2/c1-11-4-2-6-13(15(11)17)18-10-12-5-3-7-14-16(12)20-9-8-19-14/h2-7,18H,8-10H2,1H3. The zero-order chi connectivity index (χ0) is 13.9.